The number of aromatic amines is 1. The van der Waals surface area contributed by atoms with Crippen LogP contribution < -0.4 is 10.9 Å². The number of ether oxygens (including phenoxy) is 2. The van der Waals surface area contributed by atoms with Crippen molar-refractivity contribution in [3.8, 4) is 0 Å². The fraction of sp³-hybridized carbons (Fsp3) is 0.465. The number of benzene rings is 2. The molecular weight excluding hydrogens is 839 g/mol. The van der Waals surface area contributed by atoms with Gasteiger partial charge in [0.15, 0.2) is 5.69 Å². The molecule has 4 aromatic rings. The number of carbonyl (C=O) groups excluding carboxylic acids is 4. The smallest absolute Gasteiger partial charge is 0.412 e. The zero-order valence-corrected chi connectivity index (χ0v) is 35.6. The van der Waals surface area contributed by atoms with Crippen LogP contribution in [0.15, 0.2) is 64.0 Å². The van der Waals surface area contributed by atoms with Gasteiger partial charge in [-0.05, 0) is 92.2 Å². The molecule has 3 fully saturated rings. The lowest BCUT2D eigenvalue weighted by Crippen LogP contribution is -2.53. The molecule has 2 aromatic carbocycles. The molecule has 3 saturated heterocycles. The number of amides is 4. The number of nitrogens with zero attached hydrogens (tertiary/aromatic N) is 6. The highest BCUT2D eigenvalue weighted by Gasteiger charge is 2.32. The third kappa shape index (κ3) is 10.5. The summed E-state index contributed by atoms with van der Waals surface area (Å²) in [7, 11) is 0. The molecule has 318 valence electrons. The normalized spacial score (nSPS) is 17.2. The van der Waals surface area contributed by atoms with Gasteiger partial charge in [0.25, 0.3) is 17.4 Å². The van der Waals surface area contributed by atoms with E-state index < -0.39 is 23.4 Å². The average molecular weight is 890 g/mol. The Morgan fingerprint density at radius 1 is 0.850 bits per heavy atom. The summed E-state index contributed by atoms with van der Waals surface area (Å²) >= 11 is 3.36. The third-order valence-corrected chi connectivity index (χ3v) is 11.5. The highest BCUT2D eigenvalue weighted by molar-refractivity contribution is 9.10. The lowest BCUT2D eigenvalue weighted by Gasteiger charge is -2.38. The molecule has 17 heteroatoms. The van der Waals surface area contributed by atoms with Crippen molar-refractivity contribution in [1.29, 1.82) is 0 Å². The van der Waals surface area contributed by atoms with Crippen molar-refractivity contribution >= 4 is 56.2 Å². The number of H-pyrrole nitrogens is 1. The van der Waals surface area contributed by atoms with Gasteiger partial charge in [0, 0.05) is 74.8 Å². The number of piperidine rings is 2. The van der Waals surface area contributed by atoms with E-state index in [1.54, 1.807) is 65.8 Å². The molecule has 0 spiro atoms. The van der Waals surface area contributed by atoms with E-state index in [0.29, 0.717) is 85.0 Å². The number of fused-ring (bicyclic) bond motifs is 1. The second-order valence-electron chi connectivity index (χ2n) is 16.5. The summed E-state index contributed by atoms with van der Waals surface area (Å²) in [4.78, 5) is 76.5. The molecule has 0 aliphatic carbocycles. The number of rotatable bonds is 9. The fourth-order valence-corrected chi connectivity index (χ4v) is 8.24. The number of anilines is 1. The first-order valence-corrected chi connectivity index (χ1v) is 21.1. The monoisotopic (exact) mass is 888 g/mol. The van der Waals surface area contributed by atoms with Gasteiger partial charge in [-0.25, -0.2) is 19.3 Å². The molecule has 5 heterocycles. The van der Waals surface area contributed by atoms with Crippen LogP contribution in [0.2, 0.25) is 0 Å². The van der Waals surface area contributed by atoms with E-state index in [0.717, 1.165) is 25.9 Å². The van der Waals surface area contributed by atoms with Gasteiger partial charge in [0.2, 0.25) is 5.91 Å². The summed E-state index contributed by atoms with van der Waals surface area (Å²) in [5.74, 6) is -1.32. The number of pyridine rings is 1. The largest absolute Gasteiger partial charge is 0.444 e. The number of carbonyl (C=O) groups is 4. The van der Waals surface area contributed by atoms with Gasteiger partial charge in [-0.15, -0.1) is 0 Å². The first kappa shape index (κ1) is 42.8. The van der Waals surface area contributed by atoms with Crippen LogP contribution in [0.1, 0.15) is 78.6 Å². The molecular formula is C43H50BrFN8O7. The standard InChI is InChI=1S/C43H50BrFN8O7/c1-43(2,3)60-42(58)47-36-24-28(44)25-46-38(36)41(57)52-16-12-30(13-17-52)59-29-10-14-50(15-11-29)26-37(54)51-18-20-53(21-19-51)40(56)33-22-27(8-9-34(33)45)23-35-31-6-4-5-7-32(31)39(55)49-48-35/h4-9,22,24-25,29-30H,10-21,23,26H2,1-3H3,(H,47,58)(H,49,55). The van der Waals surface area contributed by atoms with Gasteiger partial charge in [-0.1, -0.05) is 24.3 Å². The molecule has 7 rings (SSSR count). The Hall–Kier alpha value is -5.26. The lowest BCUT2D eigenvalue weighted by molar-refractivity contribution is -0.135. The van der Waals surface area contributed by atoms with Crippen LogP contribution in [-0.4, -0.2) is 135 Å². The van der Waals surface area contributed by atoms with E-state index >= 15 is 4.39 Å². The Morgan fingerprint density at radius 2 is 1.48 bits per heavy atom. The molecule has 0 saturated carbocycles. The molecule has 0 radical (unpaired) electrons. The molecule has 2 aromatic heterocycles. The summed E-state index contributed by atoms with van der Waals surface area (Å²) in [5.41, 5.74) is 0.696. The number of halogens is 2. The van der Waals surface area contributed by atoms with E-state index in [1.807, 2.05) is 12.1 Å². The predicted octanol–water partition coefficient (Wildman–Crippen LogP) is 5.23. The third-order valence-electron chi connectivity index (χ3n) is 11.0. The molecule has 2 N–H and O–H groups in total. The maximum absolute atomic E-state index is 15.0. The van der Waals surface area contributed by atoms with Gasteiger partial charge in [0.1, 0.15) is 11.4 Å². The number of hydrogen-bond donors (Lipinski definition) is 2. The van der Waals surface area contributed by atoms with E-state index in [4.69, 9.17) is 9.47 Å². The van der Waals surface area contributed by atoms with Crippen LogP contribution in [0.25, 0.3) is 10.8 Å². The lowest BCUT2D eigenvalue weighted by atomic mass is 10.0. The quantitative estimate of drug-likeness (QED) is 0.227. The number of nitrogens with one attached hydrogen (secondary N) is 2. The second-order valence-corrected chi connectivity index (χ2v) is 17.4. The summed E-state index contributed by atoms with van der Waals surface area (Å²) in [6, 6.07) is 13.2. The van der Waals surface area contributed by atoms with Crippen LogP contribution in [-0.2, 0) is 20.7 Å². The SMILES string of the molecule is CC(C)(C)OC(=O)Nc1cc(Br)cnc1C(=O)N1CCC(OC2CCN(CC(=O)N3CCN(C(=O)c4cc(Cc5n[nH]c(=O)c6ccccc56)ccc4F)CC3)CC2)CC1. The molecule has 15 nitrogen and oxygen atoms in total. The topological polar surface area (TPSA) is 170 Å². The minimum atomic E-state index is -0.698. The zero-order valence-electron chi connectivity index (χ0n) is 34.0. The predicted molar refractivity (Wildman–Crippen MR) is 225 cm³/mol. The van der Waals surface area contributed by atoms with Crippen molar-refractivity contribution < 1.29 is 33.0 Å². The van der Waals surface area contributed by atoms with Gasteiger partial charge in [0.05, 0.1) is 41.1 Å². The molecule has 0 atom stereocenters. The van der Waals surface area contributed by atoms with Crippen molar-refractivity contribution in [1.82, 2.24) is 34.8 Å². The number of aromatic nitrogens is 3. The maximum atomic E-state index is 15.0. The summed E-state index contributed by atoms with van der Waals surface area (Å²) in [5, 5.41) is 10.6. The van der Waals surface area contributed by atoms with Crippen molar-refractivity contribution in [2.75, 3.05) is 64.2 Å². The number of piperazine rings is 1. The Labute approximate surface area is 355 Å². The molecule has 60 heavy (non-hydrogen) atoms. The van der Waals surface area contributed by atoms with Crippen LogP contribution in [0.3, 0.4) is 0 Å². The van der Waals surface area contributed by atoms with E-state index in [9.17, 15) is 24.0 Å². The summed E-state index contributed by atoms with van der Waals surface area (Å²) < 4.78 is 27.5. The highest BCUT2D eigenvalue weighted by atomic mass is 79.9. The molecule has 4 amide bonds. The van der Waals surface area contributed by atoms with Gasteiger partial charge < -0.3 is 24.2 Å². The minimum Gasteiger partial charge on any atom is -0.444 e. The Balaban J connectivity index is 0.831. The highest BCUT2D eigenvalue weighted by Crippen LogP contribution is 2.26. The van der Waals surface area contributed by atoms with Crippen molar-refractivity contribution in [3.63, 3.8) is 0 Å². The number of hydrogen-bond acceptors (Lipinski definition) is 10. The van der Waals surface area contributed by atoms with E-state index in [1.165, 1.54) is 12.3 Å². The van der Waals surface area contributed by atoms with Crippen LogP contribution in [0.5, 0.6) is 0 Å². The van der Waals surface area contributed by atoms with Crippen molar-refractivity contribution in [3.05, 3.63) is 97.9 Å². The Morgan fingerprint density at radius 3 is 2.17 bits per heavy atom. The van der Waals surface area contributed by atoms with Gasteiger partial charge >= 0.3 is 6.09 Å². The molecule has 0 unspecified atom stereocenters. The van der Waals surface area contributed by atoms with Gasteiger partial charge in [-0.3, -0.25) is 29.4 Å². The summed E-state index contributed by atoms with van der Waals surface area (Å²) in [6.07, 6.45) is 4.15. The maximum Gasteiger partial charge on any atom is 0.412 e. The average Bonchev–Trinajstić information content (AvgIpc) is 3.22. The zero-order chi connectivity index (χ0) is 42.6. The number of likely N-dealkylation sites (tertiary alicyclic amines) is 2. The summed E-state index contributed by atoms with van der Waals surface area (Å²) in [6.45, 7) is 9.30. The van der Waals surface area contributed by atoms with Gasteiger partial charge in [-0.2, -0.15) is 5.10 Å². The Kier molecular flexibility index (Phi) is 13.3. The van der Waals surface area contributed by atoms with Crippen LogP contribution in [0.4, 0.5) is 14.9 Å². The second kappa shape index (κ2) is 18.6. The molecule has 3 aliphatic rings. The minimum absolute atomic E-state index is 0.00275. The van der Waals surface area contributed by atoms with E-state index in [-0.39, 0.29) is 53.1 Å². The molecule has 0 bridgehead atoms. The Bertz CT molecular complexity index is 2300. The van der Waals surface area contributed by atoms with E-state index in [2.05, 4.69) is 41.3 Å². The first-order chi connectivity index (χ1) is 28.7. The van der Waals surface area contributed by atoms with Crippen molar-refractivity contribution in [2.45, 2.75) is 70.7 Å². The fourth-order valence-electron chi connectivity index (χ4n) is 7.91. The molecule has 3 aliphatic heterocycles. The van der Waals surface area contributed by atoms with Crippen LogP contribution in [0, 0.1) is 5.82 Å². The van der Waals surface area contributed by atoms with Crippen molar-refractivity contribution in [2.24, 2.45) is 0 Å². The first-order valence-electron chi connectivity index (χ1n) is 20.3. The van der Waals surface area contributed by atoms with Crippen LogP contribution >= 0.6 is 15.9 Å².